The van der Waals surface area contributed by atoms with E-state index in [0.29, 0.717) is 12.5 Å². The molecule has 0 amide bonds. The van der Waals surface area contributed by atoms with Crippen LogP contribution in [0.3, 0.4) is 0 Å². The third-order valence-electron chi connectivity index (χ3n) is 3.21. The van der Waals surface area contributed by atoms with Crippen LogP contribution >= 0.6 is 23.1 Å². The molecule has 2 aromatic rings. The summed E-state index contributed by atoms with van der Waals surface area (Å²) in [5.41, 5.74) is 6.06. The first-order chi connectivity index (χ1) is 9.33. The van der Waals surface area contributed by atoms with Crippen molar-refractivity contribution in [2.45, 2.75) is 6.54 Å². The minimum absolute atomic E-state index is 0.689. The highest BCUT2D eigenvalue weighted by Gasteiger charge is 2.12. The van der Waals surface area contributed by atoms with Crippen LogP contribution in [-0.2, 0) is 6.54 Å². The summed E-state index contributed by atoms with van der Waals surface area (Å²) in [5, 5.41) is 1.30. The van der Waals surface area contributed by atoms with Crippen molar-refractivity contribution in [3.63, 3.8) is 0 Å². The molecular weight excluding hydrogens is 274 g/mol. The lowest BCUT2D eigenvalue weighted by Crippen LogP contribution is -2.42. The largest absolute Gasteiger partial charge is 0.370 e. The summed E-state index contributed by atoms with van der Waals surface area (Å²) in [5.74, 6) is 3.00. The number of nitrogens with two attached hydrogens (primary N) is 1. The summed E-state index contributed by atoms with van der Waals surface area (Å²) in [7, 11) is 0. The smallest absolute Gasteiger partial charge is 0.191 e. The summed E-state index contributed by atoms with van der Waals surface area (Å²) in [6.07, 6.45) is 0. The van der Waals surface area contributed by atoms with Crippen LogP contribution in [0.1, 0.15) is 4.88 Å². The summed E-state index contributed by atoms with van der Waals surface area (Å²) < 4.78 is 1.32. The van der Waals surface area contributed by atoms with Crippen LogP contribution < -0.4 is 5.73 Å². The van der Waals surface area contributed by atoms with Gasteiger partial charge in [-0.1, -0.05) is 18.2 Å². The molecule has 0 aliphatic carbocycles. The Bertz CT molecular complexity index is 552. The van der Waals surface area contributed by atoms with Crippen molar-refractivity contribution in [1.29, 1.82) is 0 Å². The minimum Gasteiger partial charge on any atom is -0.370 e. The van der Waals surface area contributed by atoms with Gasteiger partial charge < -0.3 is 10.6 Å². The monoisotopic (exact) mass is 291 g/mol. The van der Waals surface area contributed by atoms with E-state index in [4.69, 9.17) is 5.73 Å². The molecule has 1 aromatic heterocycles. The van der Waals surface area contributed by atoms with E-state index >= 15 is 0 Å². The lowest BCUT2D eigenvalue weighted by Gasteiger charge is -2.27. The average Bonchev–Trinajstić information content (AvgIpc) is 2.88. The molecule has 0 spiro atoms. The van der Waals surface area contributed by atoms with Gasteiger partial charge in [0.05, 0.1) is 6.54 Å². The Morgan fingerprint density at radius 3 is 2.84 bits per heavy atom. The summed E-state index contributed by atoms with van der Waals surface area (Å²) >= 11 is 3.78. The molecule has 0 unspecified atom stereocenters. The Balaban J connectivity index is 1.70. The average molecular weight is 291 g/mol. The van der Waals surface area contributed by atoms with Gasteiger partial charge in [-0.3, -0.25) is 0 Å². The molecule has 100 valence electrons. The first-order valence-electron chi connectivity index (χ1n) is 6.43. The van der Waals surface area contributed by atoms with E-state index < -0.39 is 0 Å². The van der Waals surface area contributed by atoms with Crippen LogP contribution in [-0.4, -0.2) is 35.5 Å². The SMILES string of the molecule is NC(=NCc1cc2ccccc2s1)N1CCSCC1. The van der Waals surface area contributed by atoms with Gasteiger partial charge in [0.2, 0.25) is 0 Å². The molecule has 5 heteroatoms. The Morgan fingerprint density at radius 2 is 2.05 bits per heavy atom. The van der Waals surface area contributed by atoms with Gasteiger partial charge >= 0.3 is 0 Å². The number of benzene rings is 1. The lowest BCUT2D eigenvalue weighted by molar-refractivity contribution is 0.456. The van der Waals surface area contributed by atoms with Gasteiger partial charge in [0.25, 0.3) is 0 Å². The fourth-order valence-corrected chi connectivity index (χ4v) is 4.06. The van der Waals surface area contributed by atoms with E-state index in [9.17, 15) is 0 Å². The summed E-state index contributed by atoms with van der Waals surface area (Å²) in [4.78, 5) is 7.99. The molecule has 2 heterocycles. The van der Waals surface area contributed by atoms with E-state index in [1.807, 2.05) is 11.8 Å². The molecule has 2 N–H and O–H groups in total. The Hall–Kier alpha value is -1.20. The lowest BCUT2D eigenvalue weighted by atomic mass is 10.2. The number of guanidine groups is 1. The van der Waals surface area contributed by atoms with E-state index in [-0.39, 0.29) is 0 Å². The minimum atomic E-state index is 0.689. The third kappa shape index (κ3) is 3.04. The number of thiophene rings is 1. The van der Waals surface area contributed by atoms with E-state index in [1.165, 1.54) is 15.0 Å². The second kappa shape index (κ2) is 5.84. The molecule has 1 aromatic carbocycles. The Labute approximate surface area is 121 Å². The Kier molecular flexibility index (Phi) is 3.94. The van der Waals surface area contributed by atoms with Gasteiger partial charge in [-0.15, -0.1) is 11.3 Å². The molecular formula is C14H17N3S2. The van der Waals surface area contributed by atoms with E-state index in [1.54, 1.807) is 11.3 Å². The maximum absolute atomic E-state index is 6.06. The van der Waals surface area contributed by atoms with Crippen LogP contribution in [0.5, 0.6) is 0 Å². The van der Waals surface area contributed by atoms with Crippen molar-refractivity contribution in [1.82, 2.24) is 4.90 Å². The molecule has 0 atom stereocenters. The van der Waals surface area contributed by atoms with E-state index in [2.05, 4.69) is 40.2 Å². The highest BCUT2D eigenvalue weighted by Crippen LogP contribution is 2.25. The number of thioether (sulfide) groups is 1. The van der Waals surface area contributed by atoms with Gasteiger partial charge in [0, 0.05) is 34.2 Å². The number of nitrogens with zero attached hydrogens (tertiary/aromatic N) is 2. The zero-order chi connectivity index (χ0) is 13.1. The van der Waals surface area contributed by atoms with E-state index in [0.717, 1.165) is 24.6 Å². The second-order valence-corrected chi connectivity index (χ2v) is 6.92. The third-order valence-corrected chi connectivity index (χ3v) is 5.25. The molecule has 3 rings (SSSR count). The quantitative estimate of drug-likeness (QED) is 0.683. The van der Waals surface area contributed by atoms with Crippen molar-refractivity contribution < 1.29 is 0 Å². The van der Waals surface area contributed by atoms with Crippen LogP contribution in [0.25, 0.3) is 10.1 Å². The molecule has 0 radical (unpaired) electrons. The maximum atomic E-state index is 6.06. The molecule has 1 fully saturated rings. The van der Waals surface area contributed by atoms with Crippen molar-refractivity contribution in [3.05, 3.63) is 35.2 Å². The summed E-state index contributed by atoms with van der Waals surface area (Å²) in [6, 6.07) is 10.7. The highest BCUT2D eigenvalue weighted by molar-refractivity contribution is 7.99. The first kappa shape index (κ1) is 12.8. The molecule has 19 heavy (non-hydrogen) atoms. The zero-order valence-corrected chi connectivity index (χ0v) is 12.3. The van der Waals surface area contributed by atoms with Gasteiger partial charge in [0.1, 0.15) is 0 Å². The second-order valence-electron chi connectivity index (χ2n) is 4.52. The molecule has 1 aliphatic heterocycles. The molecule has 1 aliphatic rings. The highest BCUT2D eigenvalue weighted by atomic mass is 32.2. The van der Waals surface area contributed by atoms with Crippen molar-refractivity contribution in [2.24, 2.45) is 10.7 Å². The predicted octanol–water partition coefficient (Wildman–Crippen LogP) is 2.76. The predicted molar refractivity (Wildman–Crippen MR) is 86.0 cm³/mol. The van der Waals surface area contributed by atoms with Crippen LogP contribution in [0.4, 0.5) is 0 Å². The number of rotatable bonds is 2. The fraction of sp³-hybridized carbons (Fsp3) is 0.357. The van der Waals surface area contributed by atoms with Crippen molar-refractivity contribution in [3.8, 4) is 0 Å². The number of hydrogen-bond acceptors (Lipinski definition) is 3. The zero-order valence-electron chi connectivity index (χ0n) is 10.7. The molecule has 3 nitrogen and oxygen atoms in total. The van der Waals surface area contributed by atoms with Crippen LogP contribution in [0.15, 0.2) is 35.3 Å². The van der Waals surface area contributed by atoms with Gasteiger partial charge in [-0.25, -0.2) is 4.99 Å². The van der Waals surface area contributed by atoms with Gasteiger partial charge in [-0.2, -0.15) is 11.8 Å². The van der Waals surface area contributed by atoms with Crippen LogP contribution in [0, 0.1) is 0 Å². The maximum Gasteiger partial charge on any atom is 0.191 e. The van der Waals surface area contributed by atoms with Gasteiger partial charge in [-0.05, 0) is 17.5 Å². The number of hydrogen-bond donors (Lipinski definition) is 1. The fourth-order valence-electron chi connectivity index (χ4n) is 2.17. The van der Waals surface area contributed by atoms with Crippen molar-refractivity contribution in [2.75, 3.05) is 24.6 Å². The number of aliphatic imine (C=N–C) groups is 1. The van der Waals surface area contributed by atoms with Crippen LogP contribution in [0.2, 0.25) is 0 Å². The normalized spacial score (nSPS) is 17.1. The molecule has 0 bridgehead atoms. The topological polar surface area (TPSA) is 41.6 Å². The molecule has 0 saturated carbocycles. The first-order valence-corrected chi connectivity index (χ1v) is 8.40. The Morgan fingerprint density at radius 1 is 1.26 bits per heavy atom. The standard InChI is InChI=1S/C14H17N3S2/c15-14(17-5-7-18-8-6-17)16-10-12-9-11-3-1-2-4-13(11)19-12/h1-4,9H,5-8,10H2,(H2,15,16). The number of fused-ring (bicyclic) bond motifs is 1. The van der Waals surface area contributed by atoms with Crippen molar-refractivity contribution >= 4 is 39.1 Å². The molecule has 1 saturated heterocycles. The summed E-state index contributed by atoms with van der Waals surface area (Å²) in [6.45, 7) is 2.73. The van der Waals surface area contributed by atoms with Gasteiger partial charge in [0.15, 0.2) is 5.96 Å².